The fourth-order valence-corrected chi connectivity index (χ4v) is 6.38. The van der Waals surface area contributed by atoms with Crippen LogP contribution in [0.3, 0.4) is 0 Å². The van der Waals surface area contributed by atoms with Gasteiger partial charge in [0.15, 0.2) is 8.32 Å². The molecule has 3 saturated heterocycles. The number of ether oxygens (including phenoxy) is 3. The summed E-state index contributed by atoms with van der Waals surface area (Å²) in [5, 5.41) is 20.5. The van der Waals surface area contributed by atoms with Crippen molar-refractivity contribution >= 4 is 8.32 Å². The Kier molecular flexibility index (Phi) is 3.96. The first kappa shape index (κ1) is 14.9. The van der Waals surface area contributed by atoms with Crippen molar-refractivity contribution in [3.8, 4) is 0 Å². The molecule has 2 N–H and O–H groups in total. The molecule has 0 radical (unpaired) electrons. The van der Waals surface area contributed by atoms with E-state index in [9.17, 15) is 10.2 Å². The summed E-state index contributed by atoms with van der Waals surface area (Å²) in [6.07, 6.45) is -3.66. The first-order valence-electron chi connectivity index (χ1n) is 7.55. The number of rotatable bonds is 5. The highest BCUT2D eigenvalue weighted by atomic mass is 28.4. The Morgan fingerprint density at radius 1 is 0.850 bits per heavy atom. The van der Waals surface area contributed by atoms with Crippen LogP contribution in [0.2, 0.25) is 18.1 Å². The van der Waals surface area contributed by atoms with E-state index in [0.29, 0.717) is 0 Å². The molecule has 4 bridgehead atoms. The summed E-state index contributed by atoms with van der Waals surface area (Å²) in [6, 6.07) is 3.02. The third-order valence-electron chi connectivity index (χ3n) is 5.12. The lowest BCUT2D eigenvalue weighted by Gasteiger charge is -2.58. The van der Waals surface area contributed by atoms with E-state index in [1.807, 2.05) is 0 Å². The SMILES string of the molecule is CC[Si](CC)(CC)OC1C2OC3OC(C2O)C(O)C1O3. The summed E-state index contributed by atoms with van der Waals surface area (Å²) in [4.78, 5) is 0. The standard InChI is InChI=1S/C13H24O6Si/c1-4-20(5-2,6-3)19-12-10-7(14)9-8(15)11(12)18-13(16-9)17-10/h7-15H,4-6H2,1-3H3. The molecule has 4 atom stereocenters. The summed E-state index contributed by atoms with van der Waals surface area (Å²) in [5.41, 5.74) is 0. The highest BCUT2D eigenvalue weighted by molar-refractivity contribution is 6.73. The van der Waals surface area contributed by atoms with Gasteiger partial charge < -0.3 is 28.8 Å². The van der Waals surface area contributed by atoms with Gasteiger partial charge in [-0.3, -0.25) is 0 Å². The molecule has 0 aromatic rings. The zero-order valence-corrected chi connectivity index (χ0v) is 13.2. The Hall–Kier alpha value is -0.0231. The molecule has 4 unspecified atom stereocenters. The predicted octanol–water partition coefficient (Wildman–Crippen LogP) is 0.579. The van der Waals surface area contributed by atoms with Crippen LogP contribution in [0, 0.1) is 0 Å². The van der Waals surface area contributed by atoms with E-state index in [4.69, 9.17) is 18.6 Å². The van der Waals surface area contributed by atoms with Crippen molar-refractivity contribution in [1.29, 1.82) is 0 Å². The molecule has 0 amide bonds. The molecule has 3 aliphatic heterocycles. The maximum absolute atomic E-state index is 10.3. The number of aliphatic hydroxyl groups excluding tert-OH is 2. The van der Waals surface area contributed by atoms with Crippen molar-refractivity contribution in [2.24, 2.45) is 0 Å². The summed E-state index contributed by atoms with van der Waals surface area (Å²) in [5.74, 6) is 0. The van der Waals surface area contributed by atoms with Crippen LogP contribution in [-0.4, -0.2) is 61.6 Å². The van der Waals surface area contributed by atoms with Gasteiger partial charge in [-0.15, -0.1) is 0 Å². The molecule has 116 valence electrons. The lowest BCUT2D eigenvalue weighted by molar-refractivity contribution is -0.479. The molecular formula is C13H24O6Si. The van der Waals surface area contributed by atoms with E-state index in [-0.39, 0.29) is 0 Å². The second kappa shape index (κ2) is 5.31. The summed E-state index contributed by atoms with van der Waals surface area (Å²) < 4.78 is 22.9. The minimum atomic E-state index is -1.86. The highest BCUT2D eigenvalue weighted by Gasteiger charge is 2.62. The van der Waals surface area contributed by atoms with E-state index in [1.54, 1.807) is 0 Å². The van der Waals surface area contributed by atoms with Gasteiger partial charge in [0.25, 0.3) is 6.48 Å². The smallest absolute Gasteiger partial charge is 0.272 e. The fourth-order valence-electron chi connectivity index (χ4n) is 3.53. The van der Waals surface area contributed by atoms with Crippen molar-refractivity contribution < 1.29 is 28.8 Å². The quantitative estimate of drug-likeness (QED) is 0.724. The molecule has 0 aromatic carbocycles. The summed E-state index contributed by atoms with van der Waals surface area (Å²) >= 11 is 0. The largest absolute Gasteiger partial charge is 0.408 e. The van der Waals surface area contributed by atoms with Crippen molar-refractivity contribution in [2.45, 2.75) is 82.0 Å². The van der Waals surface area contributed by atoms with Crippen LogP contribution in [0.4, 0.5) is 0 Å². The molecule has 3 heterocycles. The van der Waals surface area contributed by atoms with Crippen LogP contribution >= 0.6 is 0 Å². The lowest BCUT2D eigenvalue weighted by atomic mass is 9.83. The third kappa shape index (κ3) is 2.07. The van der Waals surface area contributed by atoms with E-state index < -0.39 is 51.4 Å². The number of hydrogen-bond donors (Lipinski definition) is 2. The monoisotopic (exact) mass is 304 g/mol. The van der Waals surface area contributed by atoms with Crippen LogP contribution in [-0.2, 0) is 18.6 Å². The van der Waals surface area contributed by atoms with Crippen LogP contribution in [0.25, 0.3) is 0 Å². The molecular weight excluding hydrogens is 280 g/mol. The summed E-state index contributed by atoms with van der Waals surface area (Å²) in [7, 11) is -1.86. The van der Waals surface area contributed by atoms with Gasteiger partial charge in [0.2, 0.25) is 0 Å². The average molecular weight is 304 g/mol. The van der Waals surface area contributed by atoms with Gasteiger partial charge in [0, 0.05) is 0 Å². The Morgan fingerprint density at radius 3 is 1.75 bits per heavy atom. The topological polar surface area (TPSA) is 77.4 Å². The summed E-state index contributed by atoms with van der Waals surface area (Å²) in [6.45, 7) is 5.66. The molecule has 4 aliphatic rings. The average Bonchev–Trinajstić information content (AvgIpc) is 2.48. The van der Waals surface area contributed by atoms with Crippen molar-refractivity contribution in [3.05, 3.63) is 0 Å². The lowest BCUT2D eigenvalue weighted by Crippen LogP contribution is -2.76. The van der Waals surface area contributed by atoms with Gasteiger partial charge in [-0.1, -0.05) is 20.8 Å². The van der Waals surface area contributed by atoms with Gasteiger partial charge in [0.05, 0.1) is 0 Å². The molecule has 20 heavy (non-hydrogen) atoms. The number of hydrogen-bond acceptors (Lipinski definition) is 6. The van der Waals surface area contributed by atoms with Crippen LogP contribution in [0.15, 0.2) is 0 Å². The van der Waals surface area contributed by atoms with Gasteiger partial charge in [-0.2, -0.15) is 0 Å². The molecule has 4 fully saturated rings. The minimum Gasteiger partial charge on any atom is -0.408 e. The molecule has 7 heteroatoms. The maximum atomic E-state index is 10.3. The van der Waals surface area contributed by atoms with Gasteiger partial charge in [-0.25, -0.2) is 0 Å². The zero-order valence-electron chi connectivity index (χ0n) is 12.2. The Bertz CT molecular complexity index is 335. The first-order valence-corrected chi connectivity index (χ1v) is 10.1. The Morgan fingerprint density at radius 2 is 1.30 bits per heavy atom. The molecule has 0 spiro atoms. The first-order chi connectivity index (χ1) is 9.55. The highest BCUT2D eigenvalue weighted by Crippen LogP contribution is 2.42. The molecule has 0 aromatic heterocycles. The third-order valence-corrected chi connectivity index (χ3v) is 9.76. The normalized spacial score (nSPS) is 47.0. The van der Waals surface area contributed by atoms with Crippen molar-refractivity contribution in [3.63, 3.8) is 0 Å². The second-order valence-electron chi connectivity index (χ2n) is 5.90. The van der Waals surface area contributed by atoms with E-state index in [0.717, 1.165) is 18.1 Å². The molecule has 4 rings (SSSR count). The van der Waals surface area contributed by atoms with Gasteiger partial charge in [0.1, 0.15) is 36.6 Å². The van der Waals surface area contributed by atoms with Crippen molar-refractivity contribution in [1.82, 2.24) is 0 Å². The zero-order chi connectivity index (χ0) is 14.5. The minimum absolute atomic E-state index is 0.400. The van der Waals surface area contributed by atoms with Crippen LogP contribution < -0.4 is 0 Å². The molecule has 1 aliphatic carbocycles. The van der Waals surface area contributed by atoms with Gasteiger partial charge in [-0.05, 0) is 18.1 Å². The maximum Gasteiger partial charge on any atom is 0.272 e. The number of aliphatic hydroxyl groups is 2. The molecule has 1 saturated carbocycles. The van der Waals surface area contributed by atoms with Crippen LogP contribution in [0.5, 0.6) is 0 Å². The van der Waals surface area contributed by atoms with E-state index in [1.165, 1.54) is 0 Å². The van der Waals surface area contributed by atoms with Crippen molar-refractivity contribution in [2.75, 3.05) is 0 Å². The predicted molar refractivity (Wildman–Crippen MR) is 72.5 cm³/mol. The van der Waals surface area contributed by atoms with Crippen LogP contribution in [0.1, 0.15) is 20.8 Å². The second-order valence-corrected chi connectivity index (χ2v) is 10.6. The fraction of sp³-hybridized carbons (Fsp3) is 1.00. The van der Waals surface area contributed by atoms with E-state index >= 15 is 0 Å². The Labute approximate surface area is 120 Å². The van der Waals surface area contributed by atoms with E-state index in [2.05, 4.69) is 20.8 Å². The molecule has 6 nitrogen and oxygen atoms in total. The Balaban J connectivity index is 1.83. The van der Waals surface area contributed by atoms with Gasteiger partial charge >= 0.3 is 0 Å².